The van der Waals surface area contributed by atoms with Crippen molar-refractivity contribution in [1.29, 1.82) is 0 Å². The van der Waals surface area contributed by atoms with Crippen LogP contribution in [0.15, 0.2) is 24.3 Å². The molecule has 1 aromatic carbocycles. The van der Waals surface area contributed by atoms with E-state index in [1.807, 2.05) is 6.92 Å². The molecule has 0 radical (unpaired) electrons. The number of ether oxygens (including phenoxy) is 1. The predicted octanol–water partition coefficient (Wildman–Crippen LogP) is 3.84. The van der Waals surface area contributed by atoms with Crippen LogP contribution < -0.4 is 5.32 Å². The van der Waals surface area contributed by atoms with Crippen LogP contribution in [0, 0.1) is 5.82 Å². The summed E-state index contributed by atoms with van der Waals surface area (Å²) in [7, 11) is 0. The monoisotopic (exact) mass is 293 g/mol. The summed E-state index contributed by atoms with van der Waals surface area (Å²) in [5.74, 6) is -0.350. The van der Waals surface area contributed by atoms with E-state index in [0.29, 0.717) is 12.1 Å². The van der Waals surface area contributed by atoms with Gasteiger partial charge in [-0.25, -0.2) is 4.39 Å². The first-order valence-electron chi connectivity index (χ1n) is 6.56. The molecule has 0 aromatic heterocycles. The van der Waals surface area contributed by atoms with E-state index in [0.717, 1.165) is 0 Å². The van der Waals surface area contributed by atoms with Crippen molar-refractivity contribution in [2.75, 3.05) is 19.8 Å². The molecule has 6 heteroatoms. The normalized spacial score (nSPS) is 13.4. The molecule has 1 atom stereocenters. The van der Waals surface area contributed by atoms with Gasteiger partial charge in [0.2, 0.25) is 0 Å². The highest BCUT2D eigenvalue weighted by Crippen LogP contribution is 2.21. The third-order valence-electron chi connectivity index (χ3n) is 2.76. The van der Waals surface area contributed by atoms with Crippen LogP contribution in [0.1, 0.15) is 31.4 Å². The average Bonchev–Trinajstić information content (AvgIpc) is 2.36. The van der Waals surface area contributed by atoms with Gasteiger partial charge in [0, 0.05) is 18.6 Å². The topological polar surface area (TPSA) is 21.3 Å². The summed E-state index contributed by atoms with van der Waals surface area (Å²) < 4.78 is 54.8. The zero-order valence-electron chi connectivity index (χ0n) is 11.3. The molecule has 0 spiro atoms. The van der Waals surface area contributed by atoms with E-state index in [9.17, 15) is 17.6 Å². The Morgan fingerprint density at radius 2 is 1.95 bits per heavy atom. The van der Waals surface area contributed by atoms with Crippen LogP contribution >= 0.6 is 0 Å². The predicted molar refractivity (Wildman–Crippen MR) is 68.9 cm³/mol. The number of halogens is 4. The van der Waals surface area contributed by atoms with Crippen LogP contribution in [0.2, 0.25) is 0 Å². The highest BCUT2D eigenvalue weighted by atomic mass is 19.4. The minimum atomic E-state index is -4.16. The quantitative estimate of drug-likeness (QED) is 0.581. The van der Waals surface area contributed by atoms with Crippen LogP contribution in [-0.2, 0) is 4.74 Å². The molecular weight excluding hydrogens is 274 g/mol. The first kappa shape index (κ1) is 16.9. The van der Waals surface area contributed by atoms with E-state index >= 15 is 0 Å². The van der Waals surface area contributed by atoms with Gasteiger partial charge in [-0.3, -0.25) is 0 Å². The lowest BCUT2D eigenvalue weighted by atomic mass is 10.1. The van der Waals surface area contributed by atoms with Gasteiger partial charge in [-0.05, 0) is 19.0 Å². The van der Waals surface area contributed by atoms with Crippen molar-refractivity contribution < 1.29 is 22.3 Å². The maximum atomic E-state index is 13.7. The van der Waals surface area contributed by atoms with Gasteiger partial charge < -0.3 is 10.1 Å². The fraction of sp³-hybridized carbons (Fsp3) is 0.571. The lowest BCUT2D eigenvalue weighted by Crippen LogP contribution is -2.26. The van der Waals surface area contributed by atoms with Crippen LogP contribution in [0.5, 0.6) is 0 Å². The van der Waals surface area contributed by atoms with Crippen molar-refractivity contribution in [2.24, 2.45) is 0 Å². The Hall–Kier alpha value is -1.14. The molecule has 1 unspecified atom stereocenters. The van der Waals surface area contributed by atoms with Crippen LogP contribution in [0.3, 0.4) is 0 Å². The zero-order chi connectivity index (χ0) is 15.0. The summed E-state index contributed by atoms with van der Waals surface area (Å²) in [5, 5.41) is 3.06. The third kappa shape index (κ3) is 6.34. The number of rotatable bonds is 8. The highest BCUT2D eigenvalue weighted by Gasteiger charge is 2.26. The Labute approximate surface area is 116 Å². The Morgan fingerprint density at radius 1 is 1.25 bits per heavy atom. The third-order valence-corrected chi connectivity index (χ3v) is 2.76. The number of likely N-dealkylation sites (N-methyl/N-ethyl adjacent to an activating group) is 1. The summed E-state index contributed by atoms with van der Waals surface area (Å²) in [4.78, 5) is 0. The molecule has 1 aromatic rings. The summed E-state index contributed by atoms with van der Waals surface area (Å²) in [5.41, 5.74) is 0.463. The van der Waals surface area contributed by atoms with Gasteiger partial charge in [-0.2, -0.15) is 13.2 Å². The zero-order valence-corrected chi connectivity index (χ0v) is 11.3. The van der Waals surface area contributed by atoms with Crippen molar-refractivity contribution >= 4 is 0 Å². The SMILES string of the molecule is CCNC(COCCCC(F)(F)F)c1ccccc1F. The Balaban J connectivity index is 2.42. The Kier molecular flexibility index (Phi) is 6.95. The second kappa shape index (κ2) is 8.21. The summed E-state index contributed by atoms with van der Waals surface area (Å²) in [6.45, 7) is 2.64. The second-order valence-electron chi connectivity index (χ2n) is 4.43. The van der Waals surface area contributed by atoms with E-state index in [-0.39, 0.29) is 31.5 Å². The standard InChI is InChI=1S/C14H19F4NO/c1-2-19-13(11-6-3-4-7-12(11)15)10-20-9-5-8-14(16,17)18/h3-4,6-7,13,19H,2,5,8-10H2,1H3. The molecule has 0 fully saturated rings. The first-order valence-corrected chi connectivity index (χ1v) is 6.56. The van der Waals surface area contributed by atoms with Gasteiger partial charge in [0.25, 0.3) is 0 Å². The van der Waals surface area contributed by atoms with Crippen LogP contribution in [0.25, 0.3) is 0 Å². The van der Waals surface area contributed by atoms with E-state index in [4.69, 9.17) is 4.74 Å². The van der Waals surface area contributed by atoms with Crippen molar-refractivity contribution in [2.45, 2.75) is 32.0 Å². The van der Waals surface area contributed by atoms with Gasteiger partial charge in [-0.1, -0.05) is 25.1 Å². The van der Waals surface area contributed by atoms with Crippen molar-refractivity contribution in [1.82, 2.24) is 5.32 Å². The molecule has 1 N–H and O–H groups in total. The van der Waals surface area contributed by atoms with Gasteiger partial charge >= 0.3 is 6.18 Å². The fourth-order valence-corrected chi connectivity index (χ4v) is 1.84. The number of nitrogens with one attached hydrogen (secondary N) is 1. The molecule has 0 aliphatic heterocycles. The van der Waals surface area contributed by atoms with Crippen molar-refractivity contribution in [3.63, 3.8) is 0 Å². The minimum Gasteiger partial charge on any atom is -0.379 e. The molecule has 0 amide bonds. The molecule has 2 nitrogen and oxygen atoms in total. The van der Waals surface area contributed by atoms with Crippen molar-refractivity contribution in [3.8, 4) is 0 Å². The van der Waals surface area contributed by atoms with Gasteiger partial charge in [0.05, 0.1) is 12.6 Å². The number of hydrogen-bond acceptors (Lipinski definition) is 2. The highest BCUT2D eigenvalue weighted by molar-refractivity contribution is 5.21. The molecule has 0 saturated heterocycles. The lowest BCUT2D eigenvalue weighted by Gasteiger charge is -2.19. The minimum absolute atomic E-state index is 0.00978. The molecule has 0 saturated carbocycles. The largest absolute Gasteiger partial charge is 0.389 e. The molecule has 0 aliphatic rings. The number of hydrogen-bond donors (Lipinski definition) is 1. The van der Waals surface area contributed by atoms with Gasteiger partial charge in [0.15, 0.2) is 0 Å². The number of benzene rings is 1. The molecule has 0 bridgehead atoms. The van der Waals surface area contributed by atoms with E-state index in [1.54, 1.807) is 18.2 Å². The lowest BCUT2D eigenvalue weighted by molar-refractivity contribution is -0.138. The molecule has 0 heterocycles. The second-order valence-corrected chi connectivity index (χ2v) is 4.43. The van der Waals surface area contributed by atoms with Gasteiger partial charge in [0.1, 0.15) is 5.82 Å². The van der Waals surface area contributed by atoms with E-state index in [2.05, 4.69) is 5.32 Å². The van der Waals surface area contributed by atoms with E-state index < -0.39 is 12.6 Å². The Morgan fingerprint density at radius 3 is 2.55 bits per heavy atom. The summed E-state index contributed by atoms with van der Waals surface area (Å²) >= 11 is 0. The molecule has 1 rings (SSSR count). The molecule has 114 valence electrons. The molecule has 0 aliphatic carbocycles. The molecular formula is C14H19F4NO. The van der Waals surface area contributed by atoms with Gasteiger partial charge in [-0.15, -0.1) is 0 Å². The molecule has 20 heavy (non-hydrogen) atoms. The smallest absolute Gasteiger partial charge is 0.379 e. The average molecular weight is 293 g/mol. The Bertz CT molecular complexity index is 395. The number of alkyl halides is 3. The maximum absolute atomic E-state index is 13.7. The summed E-state index contributed by atoms with van der Waals surface area (Å²) in [6.07, 6.45) is -5.10. The van der Waals surface area contributed by atoms with Crippen molar-refractivity contribution in [3.05, 3.63) is 35.6 Å². The fourth-order valence-electron chi connectivity index (χ4n) is 1.84. The van der Waals surface area contributed by atoms with Crippen LogP contribution in [0.4, 0.5) is 17.6 Å². The van der Waals surface area contributed by atoms with Crippen LogP contribution in [-0.4, -0.2) is 25.9 Å². The first-order chi connectivity index (χ1) is 9.44. The summed E-state index contributed by atoms with van der Waals surface area (Å²) in [6, 6.07) is 5.94. The van der Waals surface area contributed by atoms with E-state index in [1.165, 1.54) is 6.07 Å². The maximum Gasteiger partial charge on any atom is 0.389 e.